The van der Waals surface area contributed by atoms with E-state index in [0.717, 1.165) is 29.6 Å². The molecule has 21 heavy (non-hydrogen) atoms. The zero-order valence-electron chi connectivity index (χ0n) is 12.6. The third-order valence-electron chi connectivity index (χ3n) is 3.72. The van der Waals surface area contributed by atoms with Crippen molar-refractivity contribution >= 4 is 17.6 Å². The molecule has 1 aromatic carbocycles. The molecule has 1 heterocycles. The summed E-state index contributed by atoms with van der Waals surface area (Å²) in [5, 5.41) is 4.31. The van der Waals surface area contributed by atoms with Crippen LogP contribution in [-0.4, -0.2) is 16.5 Å². The minimum Gasteiger partial charge on any atom is -0.370 e. The molecule has 0 radical (unpaired) electrons. The Morgan fingerprint density at radius 2 is 1.95 bits per heavy atom. The second-order valence-corrected chi connectivity index (χ2v) is 6.37. The Morgan fingerprint density at radius 1 is 1.10 bits per heavy atom. The Labute approximate surface area is 130 Å². The van der Waals surface area contributed by atoms with Crippen LogP contribution in [0.1, 0.15) is 37.2 Å². The van der Waals surface area contributed by atoms with Gasteiger partial charge in [0.2, 0.25) is 0 Å². The lowest BCUT2D eigenvalue weighted by Crippen LogP contribution is -2.03. The van der Waals surface area contributed by atoms with Gasteiger partial charge in [0.25, 0.3) is 0 Å². The van der Waals surface area contributed by atoms with E-state index in [1.165, 1.54) is 35.3 Å². The van der Waals surface area contributed by atoms with Crippen molar-refractivity contribution in [1.82, 2.24) is 9.97 Å². The first-order valence-electron chi connectivity index (χ1n) is 7.70. The quantitative estimate of drug-likeness (QED) is 0.843. The number of aryl methyl sites for hydroxylation is 3. The van der Waals surface area contributed by atoms with Crippen molar-refractivity contribution in [2.45, 2.75) is 49.5 Å². The van der Waals surface area contributed by atoms with Gasteiger partial charge in [-0.1, -0.05) is 24.8 Å². The third kappa shape index (κ3) is 3.38. The molecular weight excluding hydrogens is 278 g/mol. The minimum absolute atomic E-state index is 0.858. The maximum Gasteiger partial charge on any atom is 0.131 e. The lowest BCUT2D eigenvalue weighted by atomic mass is 10.1. The molecule has 0 saturated carbocycles. The average molecular weight is 299 g/mol. The highest BCUT2D eigenvalue weighted by atomic mass is 32.2. The van der Waals surface area contributed by atoms with Crippen LogP contribution >= 0.6 is 11.8 Å². The van der Waals surface area contributed by atoms with Gasteiger partial charge in [0.1, 0.15) is 16.7 Å². The van der Waals surface area contributed by atoms with Crippen molar-refractivity contribution in [3.05, 3.63) is 41.2 Å². The highest BCUT2D eigenvalue weighted by Crippen LogP contribution is 2.31. The zero-order valence-corrected chi connectivity index (χ0v) is 13.5. The number of rotatable bonds is 5. The number of nitrogens with zero attached hydrogens (tertiary/aromatic N) is 2. The van der Waals surface area contributed by atoms with Crippen molar-refractivity contribution in [3.63, 3.8) is 0 Å². The second-order valence-electron chi connectivity index (χ2n) is 5.28. The molecule has 0 atom stereocenters. The second kappa shape index (κ2) is 6.48. The highest BCUT2D eigenvalue weighted by Gasteiger charge is 2.12. The molecule has 4 heteroatoms. The number of hydrogen-bond donors (Lipinski definition) is 1. The minimum atomic E-state index is 0.858. The third-order valence-corrected chi connectivity index (χ3v) is 4.62. The van der Waals surface area contributed by atoms with Gasteiger partial charge in [0.15, 0.2) is 0 Å². The molecule has 1 aromatic heterocycles. The molecule has 0 spiro atoms. The standard InChI is InChI=1S/C17H21N3S/c1-3-15-19-16(18-4-2)11-17(20-15)21-14-9-8-12-6-5-7-13(12)10-14/h8-11H,3-7H2,1-2H3,(H,18,19,20). The monoisotopic (exact) mass is 299 g/mol. The Balaban J connectivity index is 1.85. The van der Waals surface area contributed by atoms with Gasteiger partial charge in [-0.3, -0.25) is 0 Å². The van der Waals surface area contributed by atoms with E-state index in [1.807, 2.05) is 6.07 Å². The van der Waals surface area contributed by atoms with Crippen molar-refractivity contribution in [3.8, 4) is 0 Å². The number of nitrogens with one attached hydrogen (secondary N) is 1. The first-order chi connectivity index (χ1) is 10.3. The van der Waals surface area contributed by atoms with Crippen molar-refractivity contribution in [2.24, 2.45) is 0 Å². The normalized spacial score (nSPS) is 13.2. The van der Waals surface area contributed by atoms with Gasteiger partial charge in [-0.15, -0.1) is 0 Å². The predicted molar refractivity (Wildman–Crippen MR) is 88.2 cm³/mol. The van der Waals surface area contributed by atoms with Crippen LogP contribution in [0.15, 0.2) is 34.2 Å². The summed E-state index contributed by atoms with van der Waals surface area (Å²) in [5.74, 6) is 1.82. The van der Waals surface area contributed by atoms with E-state index in [9.17, 15) is 0 Å². The molecule has 0 bridgehead atoms. The van der Waals surface area contributed by atoms with Gasteiger partial charge in [0, 0.05) is 23.9 Å². The summed E-state index contributed by atoms with van der Waals surface area (Å²) in [6.45, 7) is 5.05. The number of anilines is 1. The number of hydrogen-bond acceptors (Lipinski definition) is 4. The topological polar surface area (TPSA) is 37.8 Å². The SMILES string of the molecule is CCNc1cc(Sc2ccc3c(c2)CCC3)nc(CC)n1. The summed E-state index contributed by atoms with van der Waals surface area (Å²) in [7, 11) is 0. The van der Waals surface area contributed by atoms with Gasteiger partial charge in [0.05, 0.1) is 0 Å². The van der Waals surface area contributed by atoms with Crippen LogP contribution in [0.5, 0.6) is 0 Å². The average Bonchev–Trinajstić information content (AvgIpc) is 2.95. The van der Waals surface area contributed by atoms with Gasteiger partial charge in [-0.05, 0) is 49.4 Å². The Morgan fingerprint density at radius 3 is 2.76 bits per heavy atom. The van der Waals surface area contributed by atoms with Crippen molar-refractivity contribution < 1.29 is 0 Å². The Bertz CT molecular complexity index is 640. The van der Waals surface area contributed by atoms with E-state index >= 15 is 0 Å². The number of benzene rings is 1. The molecule has 1 aliphatic rings. The van der Waals surface area contributed by atoms with Crippen molar-refractivity contribution in [2.75, 3.05) is 11.9 Å². The molecule has 1 aliphatic carbocycles. The van der Waals surface area contributed by atoms with E-state index < -0.39 is 0 Å². The zero-order chi connectivity index (χ0) is 14.7. The fraction of sp³-hybridized carbons (Fsp3) is 0.412. The number of aromatic nitrogens is 2. The van der Waals surface area contributed by atoms with E-state index in [2.05, 4.69) is 47.3 Å². The summed E-state index contributed by atoms with van der Waals surface area (Å²) < 4.78 is 0. The molecule has 0 unspecified atom stereocenters. The van der Waals surface area contributed by atoms with Crippen LogP contribution in [-0.2, 0) is 19.3 Å². The van der Waals surface area contributed by atoms with Gasteiger partial charge >= 0.3 is 0 Å². The first-order valence-corrected chi connectivity index (χ1v) is 8.51. The van der Waals surface area contributed by atoms with E-state index in [4.69, 9.17) is 0 Å². The Kier molecular flexibility index (Phi) is 4.44. The molecule has 2 aromatic rings. The van der Waals surface area contributed by atoms with Crippen LogP contribution in [0.25, 0.3) is 0 Å². The van der Waals surface area contributed by atoms with Crippen LogP contribution in [0.4, 0.5) is 5.82 Å². The van der Waals surface area contributed by atoms with Crippen molar-refractivity contribution in [1.29, 1.82) is 0 Å². The first kappa shape index (κ1) is 14.4. The smallest absolute Gasteiger partial charge is 0.131 e. The Hall–Kier alpha value is -1.55. The lowest BCUT2D eigenvalue weighted by Gasteiger charge is -2.08. The summed E-state index contributed by atoms with van der Waals surface area (Å²) in [5.41, 5.74) is 3.03. The predicted octanol–water partition coefficient (Wildman–Crippen LogP) is 4.11. The van der Waals surface area contributed by atoms with Crippen LogP contribution in [0.2, 0.25) is 0 Å². The molecule has 0 fully saturated rings. The van der Waals surface area contributed by atoms with Crippen LogP contribution in [0.3, 0.4) is 0 Å². The summed E-state index contributed by atoms with van der Waals surface area (Å²) in [6, 6.07) is 8.86. The van der Waals surface area contributed by atoms with Crippen LogP contribution < -0.4 is 5.32 Å². The molecule has 1 N–H and O–H groups in total. The molecule has 0 saturated heterocycles. The summed E-state index contributed by atoms with van der Waals surface area (Å²) in [6.07, 6.45) is 4.60. The molecular formula is C17H21N3S. The summed E-state index contributed by atoms with van der Waals surface area (Å²) >= 11 is 1.73. The van der Waals surface area contributed by atoms with Gasteiger partial charge in [-0.2, -0.15) is 0 Å². The molecule has 0 aliphatic heterocycles. The van der Waals surface area contributed by atoms with Gasteiger partial charge in [-0.25, -0.2) is 9.97 Å². The summed E-state index contributed by atoms with van der Waals surface area (Å²) in [4.78, 5) is 10.4. The molecule has 3 rings (SSSR count). The maximum atomic E-state index is 4.63. The maximum absolute atomic E-state index is 4.63. The fourth-order valence-corrected chi connectivity index (χ4v) is 3.59. The molecule has 3 nitrogen and oxygen atoms in total. The van der Waals surface area contributed by atoms with E-state index in [1.54, 1.807) is 11.8 Å². The molecule has 110 valence electrons. The highest BCUT2D eigenvalue weighted by molar-refractivity contribution is 7.99. The van der Waals surface area contributed by atoms with E-state index in [-0.39, 0.29) is 0 Å². The van der Waals surface area contributed by atoms with Crippen LogP contribution in [0, 0.1) is 0 Å². The largest absolute Gasteiger partial charge is 0.370 e. The number of fused-ring (bicyclic) bond motifs is 1. The lowest BCUT2D eigenvalue weighted by molar-refractivity contribution is 0.887. The fourth-order valence-electron chi connectivity index (χ4n) is 2.69. The van der Waals surface area contributed by atoms with Gasteiger partial charge < -0.3 is 5.32 Å². The van der Waals surface area contributed by atoms with E-state index in [0.29, 0.717) is 0 Å². The molecule has 0 amide bonds.